The minimum Gasteiger partial charge on any atom is -0.391 e. The Hall–Kier alpha value is -2.71. The zero-order valence-corrected chi connectivity index (χ0v) is 19.4. The van der Waals surface area contributed by atoms with Gasteiger partial charge in [-0.1, -0.05) is 72.8 Å². The van der Waals surface area contributed by atoms with E-state index in [9.17, 15) is 13.5 Å². The molecule has 3 aromatic carbocycles. The summed E-state index contributed by atoms with van der Waals surface area (Å²) >= 11 is 0. The van der Waals surface area contributed by atoms with Crippen LogP contribution in [0.25, 0.3) is 0 Å². The minimum atomic E-state index is -3.29. The van der Waals surface area contributed by atoms with Gasteiger partial charge in [0.05, 0.1) is 31.1 Å². The molecule has 0 aromatic heterocycles. The van der Waals surface area contributed by atoms with Crippen LogP contribution in [0.15, 0.2) is 84.9 Å². The van der Waals surface area contributed by atoms with E-state index in [4.69, 9.17) is 4.74 Å². The molecule has 1 saturated heterocycles. The fourth-order valence-electron chi connectivity index (χ4n) is 4.33. The number of hydrogen-bond acceptors (Lipinski definition) is 5. The molecule has 33 heavy (non-hydrogen) atoms. The number of aliphatic hydroxyl groups excluding tert-OH is 1. The van der Waals surface area contributed by atoms with Gasteiger partial charge in [-0.3, -0.25) is 4.72 Å². The third-order valence-electron chi connectivity index (χ3n) is 5.94. The van der Waals surface area contributed by atoms with Gasteiger partial charge in [-0.05, 0) is 28.8 Å². The maximum Gasteiger partial charge on any atom is 0.229 e. The molecule has 3 N–H and O–H groups in total. The van der Waals surface area contributed by atoms with Crippen molar-refractivity contribution in [2.24, 2.45) is 0 Å². The molecular weight excluding hydrogens is 436 g/mol. The Morgan fingerprint density at radius 1 is 0.939 bits per heavy atom. The highest BCUT2D eigenvalue weighted by Gasteiger charge is 2.35. The molecule has 1 aliphatic rings. The average molecular weight is 467 g/mol. The molecule has 3 aromatic rings. The van der Waals surface area contributed by atoms with Crippen molar-refractivity contribution in [2.45, 2.75) is 37.1 Å². The van der Waals surface area contributed by atoms with Crippen LogP contribution in [0.4, 0.5) is 5.69 Å². The first kappa shape index (κ1) is 23.4. The second-order valence-corrected chi connectivity index (χ2v) is 10.3. The van der Waals surface area contributed by atoms with Crippen LogP contribution < -0.4 is 10.0 Å². The van der Waals surface area contributed by atoms with Gasteiger partial charge in [0.15, 0.2) is 0 Å². The Labute approximate surface area is 195 Å². The Morgan fingerprint density at radius 2 is 1.52 bits per heavy atom. The summed E-state index contributed by atoms with van der Waals surface area (Å²) in [5.41, 5.74) is 3.87. The third-order valence-corrected chi connectivity index (χ3v) is 6.55. The predicted molar refractivity (Wildman–Crippen MR) is 131 cm³/mol. The van der Waals surface area contributed by atoms with Crippen LogP contribution in [0.1, 0.15) is 29.0 Å². The zero-order chi connectivity index (χ0) is 23.3. The monoisotopic (exact) mass is 466 g/mol. The Morgan fingerprint density at radius 3 is 2.03 bits per heavy atom. The molecule has 1 heterocycles. The molecule has 0 aliphatic carbocycles. The maximum absolute atomic E-state index is 11.3. The molecule has 0 unspecified atom stereocenters. The van der Waals surface area contributed by atoms with E-state index in [2.05, 4.69) is 34.3 Å². The van der Waals surface area contributed by atoms with Crippen molar-refractivity contribution in [2.75, 3.05) is 17.6 Å². The van der Waals surface area contributed by atoms with E-state index in [1.165, 1.54) is 11.1 Å². The molecule has 1 aliphatic heterocycles. The van der Waals surface area contributed by atoms with Crippen molar-refractivity contribution in [3.05, 3.63) is 102 Å². The molecule has 174 valence electrons. The number of nitrogens with one attached hydrogen (secondary N) is 2. The third kappa shape index (κ3) is 6.42. The fraction of sp³-hybridized carbons (Fsp3) is 0.308. The molecule has 6 nitrogen and oxygen atoms in total. The number of aliphatic hydroxyl groups is 1. The number of benzene rings is 3. The molecule has 0 amide bonds. The minimum absolute atomic E-state index is 0.0536. The standard InChI is InChI=1S/C26H30N2O4S/c1-33(30,31)28-22-14-12-19(13-15-22)17-27-23-18-32-25(16-24(23)29)26(20-8-4-2-5-9-20)21-10-6-3-7-11-21/h2-15,23-29H,16-18H2,1H3/t23-,24-,25+/m1/s1. The van der Waals surface area contributed by atoms with Crippen LogP contribution in [0, 0.1) is 0 Å². The molecular formula is C26H30N2O4S. The van der Waals surface area contributed by atoms with Gasteiger partial charge in [-0.2, -0.15) is 0 Å². The quantitative estimate of drug-likeness (QED) is 0.473. The normalized spacial score (nSPS) is 21.1. The predicted octanol–water partition coefficient (Wildman–Crippen LogP) is 3.50. The van der Waals surface area contributed by atoms with Crippen molar-refractivity contribution >= 4 is 15.7 Å². The van der Waals surface area contributed by atoms with Gasteiger partial charge in [0, 0.05) is 24.6 Å². The van der Waals surface area contributed by atoms with Crippen molar-refractivity contribution in [1.82, 2.24) is 5.32 Å². The van der Waals surface area contributed by atoms with E-state index < -0.39 is 16.1 Å². The largest absolute Gasteiger partial charge is 0.391 e. The molecule has 7 heteroatoms. The van der Waals surface area contributed by atoms with Gasteiger partial charge in [0.1, 0.15) is 0 Å². The highest BCUT2D eigenvalue weighted by atomic mass is 32.2. The molecule has 0 radical (unpaired) electrons. The molecule has 0 spiro atoms. The topological polar surface area (TPSA) is 87.7 Å². The molecule has 3 atom stereocenters. The van der Waals surface area contributed by atoms with Gasteiger partial charge in [-0.15, -0.1) is 0 Å². The first-order valence-electron chi connectivity index (χ1n) is 11.1. The Bertz CT molecular complexity index is 1080. The number of anilines is 1. The fourth-order valence-corrected chi connectivity index (χ4v) is 4.90. The van der Waals surface area contributed by atoms with Crippen LogP contribution >= 0.6 is 0 Å². The second-order valence-electron chi connectivity index (χ2n) is 8.53. The zero-order valence-electron chi connectivity index (χ0n) is 18.6. The summed E-state index contributed by atoms with van der Waals surface area (Å²) in [5.74, 6) is 0.0536. The van der Waals surface area contributed by atoms with Crippen molar-refractivity contribution in [3.63, 3.8) is 0 Å². The number of sulfonamides is 1. The van der Waals surface area contributed by atoms with Crippen molar-refractivity contribution in [3.8, 4) is 0 Å². The van der Waals surface area contributed by atoms with Gasteiger partial charge in [0.25, 0.3) is 0 Å². The van der Waals surface area contributed by atoms with E-state index in [1.54, 1.807) is 12.1 Å². The maximum atomic E-state index is 11.3. The Balaban J connectivity index is 1.38. The lowest BCUT2D eigenvalue weighted by Crippen LogP contribution is -2.50. The number of rotatable bonds is 8. The van der Waals surface area contributed by atoms with E-state index >= 15 is 0 Å². The van der Waals surface area contributed by atoms with Gasteiger partial charge >= 0.3 is 0 Å². The summed E-state index contributed by atoms with van der Waals surface area (Å²) < 4.78 is 31.4. The van der Waals surface area contributed by atoms with E-state index in [-0.39, 0.29) is 18.1 Å². The van der Waals surface area contributed by atoms with Crippen LogP contribution in [-0.4, -0.2) is 44.6 Å². The summed E-state index contributed by atoms with van der Waals surface area (Å²) in [5, 5.41) is 14.3. The molecule has 0 saturated carbocycles. The van der Waals surface area contributed by atoms with Crippen molar-refractivity contribution < 1.29 is 18.3 Å². The van der Waals surface area contributed by atoms with Gasteiger partial charge < -0.3 is 15.2 Å². The van der Waals surface area contributed by atoms with E-state index in [0.717, 1.165) is 11.8 Å². The lowest BCUT2D eigenvalue weighted by Gasteiger charge is -2.38. The summed E-state index contributed by atoms with van der Waals surface area (Å²) in [7, 11) is -3.29. The van der Waals surface area contributed by atoms with E-state index in [1.807, 2.05) is 48.5 Å². The smallest absolute Gasteiger partial charge is 0.229 e. The van der Waals surface area contributed by atoms with Crippen LogP contribution in [-0.2, 0) is 21.3 Å². The average Bonchev–Trinajstić information content (AvgIpc) is 2.80. The highest BCUT2D eigenvalue weighted by molar-refractivity contribution is 7.92. The molecule has 0 bridgehead atoms. The van der Waals surface area contributed by atoms with Crippen LogP contribution in [0.5, 0.6) is 0 Å². The van der Waals surface area contributed by atoms with Gasteiger partial charge in [-0.25, -0.2) is 8.42 Å². The second kappa shape index (κ2) is 10.5. The first-order valence-corrected chi connectivity index (χ1v) is 13.0. The summed E-state index contributed by atoms with van der Waals surface area (Å²) in [6, 6.07) is 27.6. The SMILES string of the molecule is CS(=O)(=O)Nc1ccc(CN[C@@H]2CO[C@H](C(c3ccccc3)c3ccccc3)C[C@H]2O)cc1. The molecule has 4 rings (SSSR count). The van der Waals surface area contributed by atoms with Crippen LogP contribution in [0.3, 0.4) is 0 Å². The molecule has 1 fully saturated rings. The van der Waals surface area contributed by atoms with Crippen LogP contribution in [0.2, 0.25) is 0 Å². The number of ether oxygens (including phenoxy) is 1. The van der Waals surface area contributed by atoms with E-state index in [0.29, 0.717) is 25.3 Å². The Kier molecular flexibility index (Phi) is 7.45. The van der Waals surface area contributed by atoms with Gasteiger partial charge in [0.2, 0.25) is 10.0 Å². The lowest BCUT2D eigenvalue weighted by atomic mass is 9.82. The lowest BCUT2D eigenvalue weighted by molar-refractivity contribution is -0.0718. The number of hydrogen-bond donors (Lipinski definition) is 3. The summed E-state index contributed by atoms with van der Waals surface area (Å²) in [4.78, 5) is 0. The highest BCUT2D eigenvalue weighted by Crippen LogP contribution is 2.34. The summed E-state index contributed by atoms with van der Waals surface area (Å²) in [6.07, 6.45) is 0.998. The first-order chi connectivity index (χ1) is 15.9. The summed E-state index contributed by atoms with van der Waals surface area (Å²) in [6.45, 7) is 0.964. The van der Waals surface area contributed by atoms with Crippen molar-refractivity contribution in [1.29, 1.82) is 0 Å².